The Labute approximate surface area is 104 Å². The lowest BCUT2D eigenvalue weighted by Gasteiger charge is -1.97. The van der Waals surface area contributed by atoms with Gasteiger partial charge in [0.15, 0.2) is 0 Å². The van der Waals surface area contributed by atoms with Crippen LogP contribution < -0.4 is 5.43 Å². The van der Waals surface area contributed by atoms with Crippen molar-refractivity contribution >= 4 is 23.5 Å². The van der Waals surface area contributed by atoms with Crippen molar-refractivity contribution in [3.05, 3.63) is 57.8 Å². The third-order valence-electron chi connectivity index (χ3n) is 2.16. The third-order valence-corrected chi connectivity index (χ3v) is 3.09. The molecule has 17 heavy (non-hydrogen) atoms. The monoisotopic (exact) mass is 244 g/mol. The van der Waals surface area contributed by atoms with E-state index in [1.165, 1.54) is 4.88 Å². The molecule has 1 amide bonds. The molecule has 0 saturated carbocycles. The predicted octanol–water partition coefficient (Wildman–Crippen LogP) is 2.82. The Morgan fingerprint density at radius 2 is 2.00 bits per heavy atom. The van der Waals surface area contributed by atoms with Gasteiger partial charge in [-0.3, -0.25) is 4.79 Å². The maximum atomic E-state index is 11.6. The van der Waals surface area contributed by atoms with E-state index in [2.05, 4.69) is 10.5 Å². The van der Waals surface area contributed by atoms with Gasteiger partial charge in [-0.25, -0.2) is 5.43 Å². The van der Waals surface area contributed by atoms with Crippen LogP contribution >= 0.6 is 11.3 Å². The van der Waals surface area contributed by atoms with Crippen molar-refractivity contribution in [2.45, 2.75) is 6.92 Å². The van der Waals surface area contributed by atoms with Crippen LogP contribution in [0.15, 0.2) is 47.6 Å². The molecular formula is C13H12N2OS. The van der Waals surface area contributed by atoms with Crippen molar-refractivity contribution in [1.29, 1.82) is 0 Å². The van der Waals surface area contributed by atoms with Crippen LogP contribution in [-0.2, 0) is 0 Å². The van der Waals surface area contributed by atoms with E-state index in [4.69, 9.17) is 0 Å². The molecule has 4 heteroatoms. The van der Waals surface area contributed by atoms with E-state index >= 15 is 0 Å². The summed E-state index contributed by atoms with van der Waals surface area (Å²) in [5.74, 6) is -0.199. The van der Waals surface area contributed by atoms with Crippen LogP contribution in [0.25, 0.3) is 0 Å². The standard InChI is InChI=1S/C13H12N2OS/c1-10-7-8-12(17-10)9-14-15-13(16)11-5-3-2-4-6-11/h2-9H,1H3,(H,15,16). The molecule has 0 aliphatic carbocycles. The molecule has 0 radical (unpaired) electrons. The lowest BCUT2D eigenvalue weighted by Crippen LogP contribution is -2.17. The van der Waals surface area contributed by atoms with Crippen LogP contribution in [0.2, 0.25) is 0 Å². The smallest absolute Gasteiger partial charge is 0.267 e. The average Bonchev–Trinajstić information content (AvgIpc) is 2.76. The molecule has 0 aliphatic rings. The van der Waals surface area contributed by atoms with E-state index in [0.717, 1.165) is 4.88 Å². The van der Waals surface area contributed by atoms with Crippen LogP contribution in [0.5, 0.6) is 0 Å². The van der Waals surface area contributed by atoms with Gasteiger partial charge in [0.1, 0.15) is 0 Å². The largest absolute Gasteiger partial charge is 0.271 e. The van der Waals surface area contributed by atoms with Crippen LogP contribution in [0, 0.1) is 6.92 Å². The molecule has 0 spiro atoms. The van der Waals surface area contributed by atoms with Gasteiger partial charge in [0.2, 0.25) is 0 Å². The van der Waals surface area contributed by atoms with Crippen molar-refractivity contribution in [3.63, 3.8) is 0 Å². The van der Waals surface area contributed by atoms with Crippen LogP contribution in [-0.4, -0.2) is 12.1 Å². The van der Waals surface area contributed by atoms with E-state index in [0.29, 0.717) is 5.56 Å². The summed E-state index contributed by atoms with van der Waals surface area (Å²) in [5, 5.41) is 3.92. The number of nitrogens with zero attached hydrogens (tertiary/aromatic N) is 1. The number of hydrogen-bond donors (Lipinski definition) is 1. The number of carbonyl (C=O) groups is 1. The third kappa shape index (κ3) is 3.26. The van der Waals surface area contributed by atoms with Crippen molar-refractivity contribution < 1.29 is 4.79 Å². The van der Waals surface area contributed by atoms with Gasteiger partial charge in [-0.15, -0.1) is 11.3 Å². The maximum absolute atomic E-state index is 11.6. The zero-order valence-electron chi connectivity index (χ0n) is 9.38. The maximum Gasteiger partial charge on any atom is 0.271 e. The molecule has 3 nitrogen and oxygen atoms in total. The number of carbonyl (C=O) groups excluding carboxylic acids is 1. The second kappa shape index (κ2) is 5.41. The Hall–Kier alpha value is -1.94. The fraction of sp³-hybridized carbons (Fsp3) is 0.0769. The molecule has 1 N–H and O–H groups in total. The van der Waals surface area contributed by atoms with E-state index in [1.807, 2.05) is 37.3 Å². The van der Waals surface area contributed by atoms with E-state index < -0.39 is 0 Å². The lowest BCUT2D eigenvalue weighted by molar-refractivity contribution is 0.0955. The van der Waals surface area contributed by atoms with Gasteiger partial charge < -0.3 is 0 Å². The molecule has 86 valence electrons. The Bertz CT molecular complexity index is 531. The van der Waals surface area contributed by atoms with Crippen LogP contribution in [0.4, 0.5) is 0 Å². The summed E-state index contributed by atoms with van der Waals surface area (Å²) < 4.78 is 0. The first-order valence-electron chi connectivity index (χ1n) is 5.20. The highest BCUT2D eigenvalue weighted by molar-refractivity contribution is 7.13. The second-order valence-corrected chi connectivity index (χ2v) is 4.83. The first-order chi connectivity index (χ1) is 8.25. The van der Waals surface area contributed by atoms with E-state index in [9.17, 15) is 4.79 Å². The minimum atomic E-state index is -0.199. The first-order valence-corrected chi connectivity index (χ1v) is 6.02. The summed E-state index contributed by atoms with van der Waals surface area (Å²) in [6, 6.07) is 13.0. The molecular weight excluding hydrogens is 232 g/mol. The van der Waals surface area contributed by atoms with Crippen molar-refractivity contribution in [1.82, 2.24) is 5.43 Å². The molecule has 0 atom stereocenters. The normalized spacial score (nSPS) is 10.6. The Morgan fingerprint density at radius 3 is 2.65 bits per heavy atom. The lowest BCUT2D eigenvalue weighted by atomic mass is 10.2. The number of aryl methyl sites for hydroxylation is 1. The van der Waals surface area contributed by atoms with Gasteiger partial charge in [-0.05, 0) is 31.2 Å². The second-order valence-electron chi connectivity index (χ2n) is 3.51. The molecule has 2 rings (SSSR count). The van der Waals surface area contributed by atoms with Gasteiger partial charge in [0, 0.05) is 15.3 Å². The molecule has 0 bridgehead atoms. The summed E-state index contributed by atoms with van der Waals surface area (Å²) in [5.41, 5.74) is 3.10. The molecule has 1 aromatic carbocycles. The Balaban J connectivity index is 1.95. The molecule has 0 unspecified atom stereocenters. The summed E-state index contributed by atoms with van der Waals surface area (Å²) in [6.07, 6.45) is 1.65. The molecule has 0 saturated heterocycles. The minimum Gasteiger partial charge on any atom is -0.267 e. The Kier molecular flexibility index (Phi) is 3.67. The molecule has 1 aromatic heterocycles. The summed E-state index contributed by atoms with van der Waals surface area (Å²) in [7, 11) is 0. The van der Waals surface area contributed by atoms with Gasteiger partial charge in [0.25, 0.3) is 5.91 Å². The number of amides is 1. The van der Waals surface area contributed by atoms with E-state index in [1.54, 1.807) is 29.7 Å². The number of hydrazone groups is 1. The average molecular weight is 244 g/mol. The highest BCUT2D eigenvalue weighted by Gasteiger charge is 2.01. The fourth-order valence-electron chi connectivity index (χ4n) is 1.33. The number of benzene rings is 1. The summed E-state index contributed by atoms with van der Waals surface area (Å²) in [4.78, 5) is 13.9. The first kappa shape index (κ1) is 11.5. The molecule has 0 fully saturated rings. The molecule has 0 aliphatic heterocycles. The Morgan fingerprint density at radius 1 is 1.24 bits per heavy atom. The van der Waals surface area contributed by atoms with E-state index in [-0.39, 0.29) is 5.91 Å². The van der Waals surface area contributed by atoms with Gasteiger partial charge in [-0.1, -0.05) is 18.2 Å². The van der Waals surface area contributed by atoms with Crippen molar-refractivity contribution in [2.24, 2.45) is 5.10 Å². The highest BCUT2D eigenvalue weighted by atomic mass is 32.1. The zero-order valence-corrected chi connectivity index (χ0v) is 10.2. The number of thiophene rings is 1. The van der Waals surface area contributed by atoms with Gasteiger partial charge in [-0.2, -0.15) is 5.10 Å². The quantitative estimate of drug-likeness (QED) is 0.654. The summed E-state index contributed by atoms with van der Waals surface area (Å²) in [6.45, 7) is 2.03. The highest BCUT2D eigenvalue weighted by Crippen LogP contribution is 2.12. The number of nitrogens with one attached hydrogen (secondary N) is 1. The van der Waals surface area contributed by atoms with Crippen LogP contribution in [0.1, 0.15) is 20.1 Å². The molecule has 1 heterocycles. The van der Waals surface area contributed by atoms with Crippen molar-refractivity contribution in [2.75, 3.05) is 0 Å². The number of rotatable bonds is 3. The topological polar surface area (TPSA) is 41.5 Å². The zero-order chi connectivity index (χ0) is 12.1. The van der Waals surface area contributed by atoms with Gasteiger partial charge >= 0.3 is 0 Å². The van der Waals surface area contributed by atoms with Crippen molar-refractivity contribution in [3.8, 4) is 0 Å². The number of hydrogen-bond acceptors (Lipinski definition) is 3. The molecule has 2 aromatic rings. The van der Waals surface area contributed by atoms with Crippen LogP contribution in [0.3, 0.4) is 0 Å². The van der Waals surface area contributed by atoms with Gasteiger partial charge in [0.05, 0.1) is 6.21 Å². The fourth-order valence-corrected chi connectivity index (χ4v) is 2.08. The predicted molar refractivity (Wildman–Crippen MR) is 70.6 cm³/mol. The minimum absolute atomic E-state index is 0.199. The SMILES string of the molecule is Cc1ccc(C=NNC(=O)c2ccccc2)s1. The summed E-state index contributed by atoms with van der Waals surface area (Å²) >= 11 is 1.63.